The van der Waals surface area contributed by atoms with Crippen molar-refractivity contribution in [1.29, 1.82) is 0 Å². The van der Waals surface area contributed by atoms with E-state index in [0.717, 1.165) is 0 Å². The molecule has 1 heterocycles. The van der Waals surface area contributed by atoms with Gasteiger partial charge in [-0.2, -0.15) is 0 Å². The number of aromatic nitrogens is 2. The number of hydrogen-bond donors (Lipinski definition) is 1. The number of hydrogen-bond acceptors (Lipinski definition) is 6. The third-order valence-electron chi connectivity index (χ3n) is 2.78. The van der Waals surface area contributed by atoms with Gasteiger partial charge in [-0.25, -0.2) is 9.97 Å². The summed E-state index contributed by atoms with van der Waals surface area (Å²) in [7, 11) is 0. The minimum absolute atomic E-state index is 0.0238. The lowest BCUT2D eigenvalue weighted by Crippen LogP contribution is -2.05. The Kier molecular flexibility index (Phi) is 4.37. The molecule has 0 spiro atoms. The molecule has 21 heavy (non-hydrogen) atoms. The Hall–Kier alpha value is -2.22. The Morgan fingerprint density at radius 3 is 2.71 bits per heavy atom. The number of halogens is 1. The molecule has 0 bridgehead atoms. The summed E-state index contributed by atoms with van der Waals surface area (Å²) < 4.78 is 6.20. The molecule has 110 valence electrons. The first-order valence-corrected chi connectivity index (χ1v) is 6.91. The van der Waals surface area contributed by atoms with Gasteiger partial charge in [0.15, 0.2) is 0 Å². The summed E-state index contributed by atoms with van der Waals surface area (Å²) in [4.78, 5) is 18.5. The van der Waals surface area contributed by atoms with Crippen LogP contribution < -0.4 is 10.5 Å². The van der Waals surface area contributed by atoms with Gasteiger partial charge in [0.25, 0.3) is 0 Å². The Morgan fingerprint density at radius 2 is 2.10 bits per heavy atom. The Morgan fingerprint density at radius 1 is 1.38 bits per heavy atom. The van der Waals surface area contributed by atoms with Crippen LogP contribution in [0.2, 0.25) is 0 Å². The highest BCUT2D eigenvalue weighted by molar-refractivity contribution is 9.10. The topological polar surface area (TPSA) is 104 Å². The van der Waals surface area contributed by atoms with Gasteiger partial charge in [-0.05, 0) is 18.1 Å². The number of nitrogens with zero attached hydrogens (tertiary/aromatic N) is 3. The molecule has 0 aliphatic heterocycles. The predicted octanol–water partition coefficient (Wildman–Crippen LogP) is 3.65. The molecule has 0 fully saturated rings. The molecule has 0 aliphatic rings. The largest absolute Gasteiger partial charge is 0.431 e. The maximum absolute atomic E-state index is 11.1. The number of anilines is 1. The van der Waals surface area contributed by atoms with Gasteiger partial charge < -0.3 is 10.5 Å². The summed E-state index contributed by atoms with van der Waals surface area (Å²) >= 11 is 3.19. The monoisotopic (exact) mass is 352 g/mol. The highest BCUT2D eigenvalue weighted by atomic mass is 79.9. The molecule has 8 heteroatoms. The highest BCUT2D eigenvalue weighted by Gasteiger charge is 2.20. The van der Waals surface area contributed by atoms with E-state index in [1.165, 1.54) is 18.5 Å². The van der Waals surface area contributed by atoms with E-state index in [0.29, 0.717) is 15.9 Å². The van der Waals surface area contributed by atoms with E-state index in [4.69, 9.17) is 10.5 Å². The van der Waals surface area contributed by atoms with Crippen molar-refractivity contribution < 1.29 is 9.66 Å². The van der Waals surface area contributed by atoms with Gasteiger partial charge in [0.2, 0.25) is 11.6 Å². The quantitative estimate of drug-likeness (QED) is 0.665. The zero-order chi connectivity index (χ0) is 15.6. The summed E-state index contributed by atoms with van der Waals surface area (Å²) in [6, 6.07) is 4.53. The van der Waals surface area contributed by atoms with Gasteiger partial charge in [-0.15, -0.1) is 0 Å². The number of nitro groups is 1. The van der Waals surface area contributed by atoms with Crippen molar-refractivity contribution in [3.8, 4) is 11.6 Å². The normalized spacial score (nSPS) is 10.7. The molecular weight excluding hydrogens is 340 g/mol. The van der Waals surface area contributed by atoms with Gasteiger partial charge in [-0.3, -0.25) is 10.1 Å². The van der Waals surface area contributed by atoms with Crippen LogP contribution in [0.5, 0.6) is 11.6 Å². The maximum atomic E-state index is 11.1. The van der Waals surface area contributed by atoms with E-state index in [9.17, 15) is 10.1 Å². The summed E-state index contributed by atoms with van der Waals surface area (Å²) in [5.74, 6) is 0.650. The fourth-order valence-electron chi connectivity index (χ4n) is 1.84. The molecule has 1 aromatic carbocycles. The average molecular weight is 353 g/mol. The van der Waals surface area contributed by atoms with Crippen LogP contribution in [0.25, 0.3) is 0 Å². The zero-order valence-corrected chi connectivity index (χ0v) is 13.0. The number of nitro benzene ring substituents is 1. The van der Waals surface area contributed by atoms with Crippen LogP contribution in [0.4, 0.5) is 11.5 Å². The lowest BCUT2D eigenvalue weighted by atomic mass is 10.1. The van der Waals surface area contributed by atoms with Gasteiger partial charge in [0.1, 0.15) is 12.1 Å². The second-order valence-corrected chi connectivity index (χ2v) is 5.52. The molecule has 2 aromatic rings. The lowest BCUT2D eigenvalue weighted by Gasteiger charge is -2.13. The number of ether oxygens (including phenoxy) is 1. The first-order chi connectivity index (χ1) is 9.90. The minimum atomic E-state index is -0.514. The zero-order valence-electron chi connectivity index (χ0n) is 11.4. The van der Waals surface area contributed by atoms with Crippen molar-refractivity contribution in [2.45, 2.75) is 19.8 Å². The second-order valence-electron chi connectivity index (χ2n) is 4.60. The van der Waals surface area contributed by atoms with Gasteiger partial charge in [0.05, 0.1) is 10.5 Å². The minimum Gasteiger partial charge on any atom is -0.431 e. The Bertz CT molecular complexity index is 691. The molecule has 0 atom stereocenters. The molecule has 2 rings (SSSR count). The molecule has 0 unspecified atom stereocenters. The molecule has 0 saturated carbocycles. The Balaban J connectivity index is 2.49. The van der Waals surface area contributed by atoms with Crippen LogP contribution >= 0.6 is 15.9 Å². The van der Waals surface area contributed by atoms with Gasteiger partial charge in [-0.1, -0.05) is 29.8 Å². The van der Waals surface area contributed by atoms with E-state index < -0.39 is 4.92 Å². The lowest BCUT2D eigenvalue weighted by molar-refractivity contribution is -0.385. The molecule has 0 aliphatic carbocycles. The number of rotatable bonds is 4. The highest BCUT2D eigenvalue weighted by Crippen LogP contribution is 2.36. The predicted molar refractivity (Wildman–Crippen MR) is 81.4 cm³/mol. The molecule has 1 aromatic heterocycles. The van der Waals surface area contributed by atoms with Gasteiger partial charge >= 0.3 is 5.69 Å². The van der Waals surface area contributed by atoms with Crippen LogP contribution in [0.3, 0.4) is 0 Å². The molecule has 2 N–H and O–H groups in total. The summed E-state index contributed by atoms with van der Waals surface area (Å²) in [6.07, 6.45) is 1.27. The van der Waals surface area contributed by atoms with E-state index in [1.807, 2.05) is 13.8 Å². The molecular formula is C13H13BrN4O3. The smallest absolute Gasteiger partial charge is 0.312 e. The Labute approximate surface area is 129 Å². The molecule has 0 saturated heterocycles. The van der Waals surface area contributed by atoms with E-state index >= 15 is 0 Å². The van der Waals surface area contributed by atoms with Crippen LogP contribution in [0.15, 0.2) is 29.0 Å². The average Bonchev–Trinajstić information content (AvgIpc) is 2.40. The van der Waals surface area contributed by atoms with Crippen LogP contribution in [0, 0.1) is 10.1 Å². The maximum Gasteiger partial charge on any atom is 0.312 e. The van der Waals surface area contributed by atoms with Gasteiger partial charge in [0, 0.05) is 10.5 Å². The van der Waals surface area contributed by atoms with Crippen molar-refractivity contribution in [3.63, 3.8) is 0 Å². The summed E-state index contributed by atoms with van der Waals surface area (Å²) in [5.41, 5.74) is 6.29. The van der Waals surface area contributed by atoms with Crippen molar-refractivity contribution >= 4 is 27.4 Å². The number of benzene rings is 1. The molecule has 7 nitrogen and oxygen atoms in total. The van der Waals surface area contributed by atoms with Crippen LogP contribution in [-0.4, -0.2) is 14.9 Å². The first-order valence-electron chi connectivity index (χ1n) is 6.12. The summed E-state index contributed by atoms with van der Waals surface area (Å²) in [5, 5.41) is 11.1. The van der Waals surface area contributed by atoms with Crippen molar-refractivity contribution in [2.24, 2.45) is 0 Å². The number of nitrogen functional groups attached to an aromatic ring is 1. The third-order valence-corrected chi connectivity index (χ3v) is 3.27. The fraction of sp³-hybridized carbons (Fsp3) is 0.231. The van der Waals surface area contributed by atoms with E-state index in [-0.39, 0.29) is 23.2 Å². The first kappa shape index (κ1) is 15.2. The molecule has 0 radical (unpaired) electrons. The van der Waals surface area contributed by atoms with E-state index in [1.54, 1.807) is 6.07 Å². The van der Waals surface area contributed by atoms with Crippen molar-refractivity contribution in [3.05, 3.63) is 44.7 Å². The van der Waals surface area contributed by atoms with Crippen LogP contribution in [-0.2, 0) is 0 Å². The fourth-order valence-corrected chi connectivity index (χ4v) is 2.19. The third kappa shape index (κ3) is 3.27. The molecule has 0 amide bonds. The van der Waals surface area contributed by atoms with Crippen molar-refractivity contribution in [2.75, 3.05) is 5.73 Å². The SMILES string of the molecule is CC(C)c1c(N)ncnc1Oc1ccc(Br)cc1[N+](=O)[O-]. The summed E-state index contributed by atoms with van der Waals surface area (Å²) in [6.45, 7) is 3.83. The number of nitrogens with two attached hydrogens (primary N) is 1. The second kappa shape index (κ2) is 6.04. The standard InChI is InChI=1S/C13H13BrN4O3/c1-7(2)11-12(15)16-6-17-13(11)21-10-4-3-8(14)5-9(10)18(19)20/h3-7H,1-2H3,(H2,15,16,17). The van der Waals surface area contributed by atoms with E-state index in [2.05, 4.69) is 25.9 Å². The van der Waals surface area contributed by atoms with Crippen molar-refractivity contribution in [1.82, 2.24) is 9.97 Å². The van der Waals surface area contributed by atoms with Crippen LogP contribution in [0.1, 0.15) is 25.3 Å².